The highest BCUT2D eigenvalue weighted by Crippen LogP contribution is 2.54. The van der Waals surface area contributed by atoms with Crippen molar-refractivity contribution in [1.29, 1.82) is 0 Å². The second-order valence-electron chi connectivity index (χ2n) is 5.58. The summed E-state index contributed by atoms with van der Waals surface area (Å²) in [6, 6.07) is 0. The van der Waals surface area contributed by atoms with Crippen molar-refractivity contribution in [3.05, 3.63) is 0 Å². The fourth-order valence-corrected chi connectivity index (χ4v) is 4.75. The zero-order chi connectivity index (χ0) is 10.1. The summed E-state index contributed by atoms with van der Waals surface area (Å²) in [4.78, 5) is 0. The van der Waals surface area contributed by atoms with Gasteiger partial charge < -0.3 is 5.11 Å². The van der Waals surface area contributed by atoms with E-state index < -0.39 is 8.07 Å². The molecule has 0 aromatic heterocycles. The van der Waals surface area contributed by atoms with Gasteiger partial charge in [-0.25, -0.2) is 0 Å². The zero-order valence-electron chi connectivity index (χ0n) is 9.51. The van der Waals surface area contributed by atoms with Crippen molar-refractivity contribution in [2.24, 2.45) is 5.92 Å². The van der Waals surface area contributed by atoms with Crippen LogP contribution in [0, 0.1) is 5.92 Å². The van der Waals surface area contributed by atoms with Gasteiger partial charge in [0.1, 0.15) is 0 Å². The highest BCUT2D eigenvalue weighted by molar-refractivity contribution is 6.78. The van der Waals surface area contributed by atoms with Gasteiger partial charge in [0.25, 0.3) is 0 Å². The van der Waals surface area contributed by atoms with E-state index in [1.165, 1.54) is 19.3 Å². The molecule has 1 fully saturated rings. The minimum atomic E-state index is -0.949. The molecule has 13 heavy (non-hydrogen) atoms. The van der Waals surface area contributed by atoms with E-state index in [2.05, 4.69) is 26.6 Å². The topological polar surface area (TPSA) is 20.2 Å². The van der Waals surface area contributed by atoms with Crippen LogP contribution < -0.4 is 0 Å². The van der Waals surface area contributed by atoms with Crippen molar-refractivity contribution < 1.29 is 5.11 Å². The minimum Gasteiger partial charge on any atom is -0.393 e. The van der Waals surface area contributed by atoms with Crippen LogP contribution in [0.4, 0.5) is 0 Å². The molecule has 0 radical (unpaired) electrons. The van der Waals surface area contributed by atoms with Crippen LogP contribution in [0.25, 0.3) is 0 Å². The molecular formula is C11H24OSi. The molecule has 1 aliphatic rings. The molecule has 0 heterocycles. The Bertz CT molecular complexity index is 162. The Morgan fingerprint density at radius 1 is 1.38 bits per heavy atom. The van der Waals surface area contributed by atoms with Crippen LogP contribution in [0.15, 0.2) is 0 Å². The molecule has 1 N–H and O–H groups in total. The fraction of sp³-hybridized carbons (Fsp3) is 1.00. The first-order valence-corrected chi connectivity index (χ1v) is 9.22. The van der Waals surface area contributed by atoms with Gasteiger partial charge in [-0.1, -0.05) is 39.4 Å². The van der Waals surface area contributed by atoms with Gasteiger partial charge in [-0.15, -0.1) is 0 Å². The lowest BCUT2D eigenvalue weighted by atomic mass is 10.1. The summed E-state index contributed by atoms with van der Waals surface area (Å²) in [5, 5.41) is 9.88. The van der Waals surface area contributed by atoms with Crippen LogP contribution in [-0.4, -0.2) is 19.3 Å². The van der Waals surface area contributed by atoms with Crippen molar-refractivity contribution >= 4 is 8.07 Å². The van der Waals surface area contributed by atoms with Gasteiger partial charge in [-0.05, 0) is 24.3 Å². The van der Waals surface area contributed by atoms with Crippen molar-refractivity contribution in [3.63, 3.8) is 0 Å². The Balaban J connectivity index is 2.25. The average Bonchev–Trinajstić information content (AvgIpc) is 2.77. The van der Waals surface area contributed by atoms with Crippen molar-refractivity contribution in [3.8, 4) is 0 Å². The molecule has 1 rings (SSSR count). The van der Waals surface area contributed by atoms with Gasteiger partial charge in [0.05, 0.1) is 6.10 Å². The zero-order valence-corrected chi connectivity index (χ0v) is 10.5. The maximum Gasteiger partial charge on any atom is 0.0568 e. The Morgan fingerprint density at radius 3 is 2.38 bits per heavy atom. The number of hydrogen-bond donors (Lipinski definition) is 1. The number of hydrogen-bond acceptors (Lipinski definition) is 1. The normalized spacial score (nSPS) is 30.2. The molecule has 0 saturated heterocycles. The van der Waals surface area contributed by atoms with E-state index in [0.717, 1.165) is 12.0 Å². The first kappa shape index (κ1) is 11.3. The first-order chi connectivity index (χ1) is 5.96. The molecule has 2 heteroatoms. The molecule has 0 aromatic carbocycles. The monoisotopic (exact) mass is 200 g/mol. The number of aliphatic hydroxyl groups excluding tert-OH is 1. The summed E-state index contributed by atoms with van der Waals surface area (Å²) < 4.78 is 0. The molecule has 78 valence electrons. The molecular weight excluding hydrogens is 176 g/mol. The maximum atomic E-state index is 9.88. The third-order valence-corrected chi connectivity index (χ3v) is 6.19. The van der Waals surface area contributed by atoms with Crippen LogP contribution in [0.5, 0.6) is 0 Å². The summed E-state index contributed by atoms with van der Waals surface area (Å²) in [5.41, 5.74) is 0.902. The SMILES string of the molecule is CCCC[C@@H](O)C1CC1[Si](C)(C)C. The van der Waals surface area contributed by atoms with Crippen LogP contribution in [0.1, 0.15) is 32.6 Å². The van der Waals surface area contributed by atoms with Gasteiger partial charge in [0, 0.05) is 8.07 Å². The lowest BCUT2D eigenvalue weighted by Crippen LogP contribution is -2.23. The molecule has 0 bridgehead atoms. The number of rotatable bonds is 5. The van der Waals surface area contributed by atoms with Crippen LogP contribution in [-0.2, 0) is 0 Å². The highest BCUT2D eigenvalue weighted by Gasteiger charge is 2.49. The van der Waals surface area contributed by atoms with E-state index in [-0.39, 0.29) is 6.10 Å². The Hall–Kier alpha value is 0.177. The lowest BCUT2D eigenvalue weighted by molar-refractivity contribution is 0.138. The summed E-state index contributed by atoms with van der Waals surface area (Å²) >= 11 is 0. The molecule has 0 spiro atoms. The predicted molar refractivity (Wildman–Crippen MR) is 60.7 cm³/mol. The second kappa shape index (κ2) is 4.14. The van der Waals surface area contributed by atoms with Crippen molar-refractivity contribution in [2.45, 2.75) is 63.9 Å². The smallest absolute Gasteiger partial charge is 0.0568 e. The van der Waals surface area contributed by atoms with Crippen molar-refractivity contribution in [2.75, 3.05) is 0 Å². The van der Waals surface area contributed by atoms with Gasteiger partial charge in [0.15, 0.2) is 0 Å². The van der Waals surface area contributed by atoms with E-state index in [1.54, 1.807) is 0 Å². The first-order valence-electron chi connectivity index (χ1n) is 5.65. The minimum absolute atomic E-state index is 0.0108. The van der Waals surface area contributed by atoms with E-state index in [4.69, 9.17) is 0 Å². The Labute approximate surface area is 83.6 Å². The average molecular weight is 200 g/mol. The molecule has 3 atom stereocenters. The number of aliphatic hydroxyl groups is 1. The quantitative estimate of drug-likeness (QED) is 0.675. The fourth-order valence-electron chi connectivity index (χ4n) is 2.26. The van der Waals surface area contributed by atoms with Crippen LogP contribution in [0.2, 0.25) is 25.2 Å². The summed E-state index contributed by atoms with van der Waals surface area (Å²) in [6.45, 7) is 9.45. The third-order valence-electron chi connectivity index (χ3n) is 3.30. The molecule has 0 aliphatic heterocycles. The van der Waals surface area contributed by atoms with E-state index in [0.29, 0.717) is 5.92 Å². The van der Waals surface area contributed by atoms with Gasteiger partial charge in [-0.2, -0.15) is 0 Å². The van der Waals surface area contributed by atoms with Gasteiger partial charge >= 0.3 is 0 Å². The predicted octanol–water partition coefficient (Wildman–Crippen LogP) is 3.27. The molecule has 1 aliphatic carbocycles. The van der Waals surface area contributed by atoms with Crippen molar-refractivity contribution in [1.82, 2.24) is 0 Å². The summed E-state index contributed by atoms with van der Waals surface area (Å²) in [7, 11) is -0.949. The number of unbranched alkanes of at least 4 members (excludes halogenated alkanes) is 1. The van der Waals surface area contributed by atoms with Crippen LogP contribution >= 0.6 is 0 Å². The lowest BCUT2D eigenvalue weighted by Gasteiger charge is -2.17. The van der Waals surface area contributed by atoms with Gasteiger partial charge in [-0.3, -0.25) is 0 Å². The van der Waals surface area contributed by atoms with E-state index in [1.807, 2.05) is 0 Å². The molecule has 0 amide bonds. The Morgan fingerprint density at radius 2 is 2.00 bits per heavy atom. The standard InChI is InChI=1S/C11H24OSi/c1-5-6-7-10(12)9-8-11(9)13(2,3)4/h9-12H,5-8H2,1-4H3/t9?,10-,11?/m1/s1. The Kier molecular flexibility index (Phi) is 3.58. The molecule has 0 aromatic rings. The third kappa shape index (κ3) is 3.10. The van der Waals surface area contributed by atoms with E-state index in [9.17, 15) is 5.11 Å². The molecule has 1 saturated carbocycles. The second-order valence-corrected chi connectivity index (χ2v) is 11.1. The maximum absolute atomic E-state index is 9.88. The van der Waals surface area contributed by atoms with E-state index >= 15 is 0 Å². The summed E-state index contributed by atoms with van der Waals surface area (Å²) in [5.74, 6) is 0.665. The van der Waals surface area contributed by atoms with Gasteiger partial charge in [0.2, 0.25) is 0 Å². The van der Waals surface area contributed by atoms with Crippen LogP contribution in [0.3, 0.4) is 0 Å². The molecule has 2 unspecified atom stereocenters. The molecule has 1 nitrogen and oxygen atoms in total. The highest BCUT2D eigenvalue weighted by atomic mass is 28.3. The largest absolute Gasteiger partial charge is 0.393 e. The summed E-state index contributed by atoms with van der Waals surface area (Å²) in [6.07, 6.45) is 4.75.